The van der Waals surface area contributed by atoms with Crippen LogP contribution in [0.1, 0.15) is 46.0 Å². The zero-order valence-electron chi connectivity index (χ0n) is 13.0. The van der Waals surface area contributed by atoms with E-state index < -0.39 is 5.60 Å². The van der Waals surface area contributed by atoms with Crippen LogP contribution in [0, 0.1) is 5.92 Å². The topological polar surface area (TPSA) is 58.6 Å². The number of thioether (sulfide) groups is 1. The van der Waals surface area contributed by atoms with Gasteiger partial charge in [0.1, 0.15) is 0 Å². The Balaban J connectivity index is 2.29. The third-order valence-corrected chi connectivity index (χ3v) is 4.71. The van der Waals surface area contributed by atoms with Gasteiger partial charge in [0.15, 0.2) is 0 Å². The number of nitrogens with one attached hydrogen (secondary N) is 1. The summed E-state index contributed by atoms with van der Waals surface area (Å²) in [4.78, 5) is 11.7. The highest BCUT2D eigenvalue weighted by atomic mass is 32.2. The number of hydrogen-bond donors (Lipinski definition) is 2. The van der Waals surface area contributed by atoms with Crippen molar-refractivity contribution in [3.8, 4) is 0 Å². The minimum absolute atomic E-state index is 0.0239. The lowest BCUT2D eigenvalue weighted by Crippen LogP contribution is -2.46. The summed E-state index contributed by atoms with van der Waals surface area (Å²) < 4.78 is 5.05. The van der Waals surface area contributed by atoms with Crippen LogP contribution in [-0.4, -0.2) is 47.9 Å². The number of aliphatic hydroxyl groups is 1. The highest BCUT2D eigenvalue weighted by Crippen LogP contribution is 2.32. The van der Waals surface area contributed by atoms with Gasteiger partial charge in [0.2, 0.25) is 0 Å². The first-order valence-electron chi connectivity index (χ1n) is 7.62. The van der Waals surface area contributed by atoms with Gasteiger partial charge in [0, 0.05) is 12.6 Å². The SMILES string of the molecule is CCOC(=O)C1CCC(O)(CNC(C)CCSC)CC1. The van der Waals surface area contributed by atoms with Gasteiger partial charge in [-0.3, -0.25) is 4.79 Å². The molecule has 1 unspecified atom stereocenters. The first kappa shape index (κ1) is 17.8. The Hall–Kier alpha value is -0.260. The van der Waals surface area contributed by atoms with Crippen LogP contribution >= 0.6 is 11.8 Å². The molecule has 118 valence electrons. The third-order valence-electron chi connectivity index (χ3n) is 4.07. The molecular formula is C15H29NO3S. The molecule has 1 rings (SSSR count). The molecule has 1 saturated carbocycles. The Kier molecular flexibility index (Phi) is 7.92. The maximum Gasteiger partial charge on any atom is 0.308 e. The molecule has 0 radical (unpaired) electrons. The fourth-order valence-corrected chi connectivity index (χ4v) is 3.18. The van der Waals surface area contributed by atoms with Crippen molar-refractivity contribution >= 4 is 17.7 Å². The molecule has 0 aliphatic heterocycles. The summed E-state index contributed by atoms with van der Waals surface area (Å²) in [7, 11) is 0. The van der Waals surface area contributed by atoms with Crippen LogP contribution in [0.2, 0.25) is 0 Å². The fourth-order valence-electron chi connectivity index (χ4n) is 2.59. The van der Waals surface area contributed by atoms with E-state index in [4.69, 9.17) is 4.74 Å². The summed E-state index contributed by atoms with van der Waals surface area (Å²) in [5, 5.41) is 14.0. The maximum atomic E-state index is 11.7. The highest BCUT2D eigenvalue weighted by Gasteiger charge is 2.36. The van der Waals surface area contributed by atoms with E-state index >= 15 is 0 Å². The Morgan fingerprint density at radius 3 is 2.70 bits per heavy atom. The summed E-state index contributed by atoms with van der Waals surface area (Å²) in [6.07, 6.45) is 6.05. The van der Waals surface area contributed by atoms with E-state index in [1.54, 1.807) is 0 Å². The van der Waals surface area contributed by atoms with E-state index in [1.807, 2.05) is 18.7 Å². The smallest absolute Gasteiger partial charge is 0.308 e. The minimum Gasteiger partial charge on any atom is -0.466 e. The van der Waals surface area contributed by atoms with Crippen LogP contribution in [-0.2, 0) is 9.53 Å². The Bertz CT molecular complexity index is 291. The summed E-state index contributed by atoms with van der Waals surface area (Å²) in [5.41, 5.74) is -0.656. The average Bonchev–Trinajstić information content (AvgIpc) is 2.44. The molecule has 0 bridgehead atoms. The number of ether oxygens (including phenoxy) is 1. The second kappa shape index (κ2) is 8.90. The molecule has 1 aliphatic carbocycles. The Morgan fingerprint density at radius 1 is 1.50 bits per heavy atom. The van der Waals surface area contributed by atoms with Crippen molar-refractivity contribution in [3.05, 3.63) is 0 Å². The number of rotatable bonds is 8. The Morgan fingerprint density at radius 2 is 2.15 bits per heavy atom. The molecule has 0 aromatic carbocycles. The van der Waals surface area contributed by atoms with E-state index in [2.05, 4.69) is 18.5 Å². The molecule has 0 aromatic heterocycles. The van der Waals surface area contributed by atoms with Gasteiger partial charge < -0.3 is 15.2 Å². The molecule has 0 heterocycles. The highest BCUT2D eigenvalue weighted by molar-refractivity contribution is 7.98. The summed E-state index contributed by atoms with van der Waals surface area (Å²) in [6.45, 7) is 5.05. The monoisotopic (exact) mass is 303 g/mol. The van der Waals surface area contributed by atoms with Gasteiger partial charge in [-0.25, -0.2) is 0 Å². The van der Waals surface area contributed by atoms with E-state index in [-0.39, 0.29) is 11.9 Å². The normalized spacial score (nSPS) is 28.1. The van der Waals surface area contributed by atoms with Gasteiger partial charge in [-0.05, 0) is 58.0 Å². The van der Waals surface area contributed by atoms with E-state index in [9.17, 15) is 9.90 Å². The number of esters is 1. The largest absolute Gasteiger partial charge is 0.466 e. The van der Waals surface area contributed by atoms with Crippen molar-refractivity contribution in [2.24, 2.45) is 5.92 Å². The standard InChI is InChI=1S/C15H29NO3S/c1-4-19-14(17)13-5-8-15(18,9-6-13)11-16-12(2)7-10-20-3/h12-13,16,18H,4-11H2,1-3H3. The maximum absolute atomic E-state index is 11.7. The molecule has 0 aromatic rings. The van der Waals surface area contributed by atoms with Gasteiger partial charge in [-0.2, -0.15) is 11.8 Å². The Labute approximate surface area is 127 Å². The molecule has 0 amide bonds. The zero-order valence-corrected chi connectivity index (χ0v) is 13.8. The van der Waals surface area contributed by atoms with Crippen molar-refractivity contribution in [1.29, 1.82) is 0 Å². The van der Waals surface area contributed by atoms with Crippen molar-refractivity contribution in [1.82, 2.24) is 5.32 Å². The number of hydrogen-bond acceptors (Lipinski definition) is 5. The summed E-state index contributed by atoms with van der Waals surface area (Å²) in [5.74, 6) is 1.01. The molecular weight excluding hydrogens is 274 g/mol. The molecule has 1 fully saturated rings. The van der Waals surface area contributed by atoms with Gasteiger partial charge in [-0.15, -0.1) is 0 Å². The van der Waals surface area contributed by atoms with Crippen LogP contribution in [0.25, 0.3) is 0 Å². The van der Waals surface area contributed by atoms with Gasteiger partial charge in [-0.1, -0.05) is 0 Å². The average molecular weight is 303 g/mol. The number of carbonyl (C=O) groups excluding carboxylic acids is 1. The van der Waals surface area contributed by atoms with Crippen LogP contribution in [0.3, 0.4) is 0 Å². The lowest BCUT2D eigenvalue weighted by Gasteiger charge is -2.36. The molecule has 20 heavy (non-hydrogen) atoms. The number of carbonyl (C=O) groups is 1. The van der Waals surface area contributed by atoms with E-state index in [1.165, 1.54) is 0 Å². The quantitative estimate of drug-likeness (QED) is 0.673. The lowest BCUT2D eigenvalue weighted by molar-refractivity contribution is -0.151. The van der Waals surface area contributed by atoms with E-state index in [0.717, 1.165) is 25.0 Å². The van der Waals surface area contributed by atoms with Crippen LogP contribution in [0.5, 0.6) is 0 Å². The molecule has 1 aliphatic rings. The lowest BCUT2D eigenvalue weighted by atomic mass is 9.78. The van der Waals surface area contributed by atoms with Crippen molar-refractivity contribution in [2.75, 3.05) is 25.2 Å². The third kappa shape index (κ3) is 6.02. The van der Waals surface area contributed by atoms with Gasteiger partial charge in [0.05, 0.1) is 18.1 Å². The first-order chi connectivity index (χ1) is 9.50. The molecule has 1 atom stereocenters. The van der Waals surface area contributed by atoms with Crippen molar-refractivity contribution in [2.45, 2.75) is 57.6 Å². The zero-order chi connectivity index (χ0) is 15.0. The van der Waals surface area contributed by atoms with Crippen LogP contribution in [0.15, 0.2) is 0 Å². The summed E-state index contributed by atoms with van der Waals surface area (Å²) in [6, 6.07) is 0.425. The second-order valence-electron chi connectivity index (χ2n) is 5.81. The fraction of sp³-hybridized carbons (Fsp3) is 0.933. The second-order valence-corrected chi connectivity index (χ2v) is 6.80. The molecule has 4 nitrogen and oxygen atoms in total. The van der Waals surface area contributed by atoms with Crippen molar-refractivity contribution in [3.63, 3.8) is 0 Å². The summed E-state index contributed by atoms with van der Waals surface area (Å²) >= 11 is 1.84. The predicted octanol–water partition coefficient (Wildman–Crippen LogP) is 2.20. The molecule has 0 saturated heterocycles. The first-order valence-corrected chi connectivity index (χ1v) is 9.01. The van der Waals surface area contributed by atoms with E-state index in [0.29, 0.717) is 32.0 Å². The molecule has 0 spiro atoms. The molecule has 2 N–H and O–H groups in total. The van der Waals surface area contributed by atoms with Crippen LogP contribution < -0.4 is 5.32 Å². The van der Waals surface area contributed by atoms with Gasteiger partial charge >= 0.3 is 5.97 Å². The van der Waals surface area contributed by atoms with Crippen LogP contribution in [0.4, 0.5) is 0 Å². The molecule has 5 heteroatoms. The minimum atomic E-state index is -0.656. The van der Waals surface area contributed by atoms with Crippen molar-refractivity contribution < 1.29 is 14.6 Å². The predicted molar refractivity (Wildman–Crippen MR) is 84.0 cm³/mol. The van der Waals surface area contributed by atoms with Gasteiger partial charge in [0.25, 0.3) is 0 Å².